The predicted octanol–water partition coefficient (Wildman–Crippen LogP) is 3.06. The number of methoxy groups -OCH3 is 1. The fraction of sp³-hybridized carbons (Fsp3) is 0.125. The molecule has 2 rings (SSSR count). The minimum atomic E-state index is -0.626. The van der Waals surface area contributed by atoms with E-state index in [0.29, 0.717) is 11.3 Å². The number of ketones is 1. The third kappa shape index (κ3) is 3.52. The van der Waals surface area contributed by atoms with E-state index in [4.69, 9.17) is 4.74 Å². The van der Waals surface area contributed by atoms with E-state index in [0.717, 1.165) is 6.07 Å². The van der Waals surface area contributed by atoms with Crippen molar-refractivity contribution in [2.45, 2.75) is 6.92 Å². The Labute approximate surface area is 132 Å². The minimum Gasteiger partial charge on any atom is -0.490 e. The number of ether oxygens (including phenoxy) is 1. The first-order valence-electron chi connectivity index (χ1n) is 6.67. The number of carbonyl (C=O) groups excluding carboxylic acids is 2. The summed E-state index contributed by atoms with van der Waals surface area (Å²) < 4.78 is 4.89. The maximum Gasteiger partial charge on any atom is 0.311 e. The topological polar surface area (TPSA) is 98.5 Å². The fourth-order valence-corrected chi connectivity index (χ4v) is 2.07. The number of hydrogen-bond donors (Lipinski definition) is 1. The summed E-state index contributed by atoms with van der Waals surface area (Å²) in [5.41, 5.74) is 0.503. The van der Waals surface area contributed by atoms with Gasteiger partial charge in [0.05, 0.1) is 17.7 Å². The highest BCUT2D eigenvalue weighted by Crippen LogP contribution is 2.28. The Morgan fingerprint density at radius 1 is 1.17 bits per heavy atom. The van der Waals surface area contributed by atoms with Crippen molar-refractivity contribution in [1.82, 2.24) is 0 Å². The molecule has 0 aliphatic carbocycles. The molecule has 118 valence electrons. The maximum absolute atomic E-state index is 12.3. The van der Waals surface area contributed by atoms with Crippen LogP contribution in [0.4, 0.5) is 11.4 Å². The predicted molar refractivity (Wildman–Crippen MR) is 84.0 cm³/mol. The van der Waals surface area contributed by atoms with E-state index in [9.17, 15) is 19.7 Å². The lowest BCUT2D eigenvalue weighted by molar-refractivity contribution is -0.385. The number of anilines is 1. The van der Waals surface area contributed by atoms with Gasteiger partial charge in [0.1, 0.15) is 0 Å². The molecular weight excluding hydrogens is 300 g/mol. The number of benzene rings is 2. The van der Waals surface area contributed by atoms with Crippen LogP contribution in [-0.4, -0.2) is 23.7 Å². The molecule has 1 amide bonds. The summed E-state index contributed by atoms with van der Waals surface area (Å²) in [6.45, 7) is 1.39. The van der Waals surface area contributed by atoms with Crippen molar-refractivity contribution in [1.29, 1.82) is 0 Å². The summed E-state index contributed by atoms with van der Waals surface area (Å²) in [7, 11) is 1.31. The van der Waals surface area contributed by atoms with E-state index < -0.39 is 10.8 Å². The second-order valence-electron chi connectivity index (χ2n) is 4.70. The zero-order valence-electron chi connectivity index (χ0n) is 12.5. The average molecular weight is 314 g/mol. The molecule has 0 aromatic heterocycles. The molecule has 0 unspecified atom stereocenters. The summed E-state index contributed by atoms with van der Waals surface area (Å²) in [5, 5.41) is 13.6. The quantitative estimate of drug-likeness (QED) is 0.519. The molecule has 0 saturated carbocycles. The molecule has 0 saturated heterocycles. The van der Waals surface area contributed by atoms with Crippen molar-refractivity contribution in [3.8, 4) is 5.75 Å². The second kappa shape index (κ2) is 6.69. The fourth-order valence-electron chi connectivity index (χ4n) is 2.07. The van der Waals surface area contributed by atoms with Crippen LogP contribution in [0.2, 0.25) is 0 Å². The van der Waals surface area contributed by atoms with Crippen molar-refractivity contribution in [3.63, 3.8) is 0 Å². The summed E-state index contributed by atoms with van der Waals surface area (Å²) in [6, 6.07) is 10.4. The van der Waals surface area contributed by atoms with Gasteiger partial charge in [0.25, 0.3) is 5.91 Å². The van der Waals surface area contributed by atoms with Gasteiger partial charge < -0.3 is 10.1 Å². The van der Waals surface area contributed by atoms with E-state index in [1.807, 2.05) is 0 Å². The summed E-state index contributed by atoms with van der Waals surface area (Å²) in [5.74, 6) is -0.679. The van der Waals surface area contributed by atoms with Gasteiger partial charge in [-0.1, -0.05) is 12.1 Å². The van der Waals surface area contributed by atoms with E-state index in [2.05, 4.69) is 5.32 Å². The first-order valence-corrected chi connectivity index (χ1v) is 6.67. The first-order chi connectivity index (χ1) is 10.9. The van der Waals surface area contributed by atoms with Gasteiger partial charge in [-0.15, -0.1) is 0 Å². The number of nitrogens with zero attached hydrogens (tertiary/aromatic N) is 1. The molecule has 23 heavy (non-hydrogen) atoms. The molecule has 0 spiro atoms. The van der Waals surface area contributed by atoms with Gasteiger partial charge in [-0.05, 0) is 31.2 Å². The van der Waals surface area contributed by atoms with E-state index >= 15 is 0 Å². The Morgan fingerprint density at radius 3 is 2.48 bits per heavy atom. The van der Waals surface area contributed by atoms with Gasteiger partial charge in [-0.3, -0.25) is 19.7 Å². The SMILES string of the molecule is COc1ccc(C(=O)Nc2ccccc2C(C)=O)cc1[N+](=O)[O-]. The number of rotatable bonds is 5. The third-order valence-electron chi connectivity index (χ3n) is 3.19. The normalized spacial score (nSPS) is 10.0. The number of amides is 1. The Bertz CT molecular complexity index is 786. The number of nitrogens with one attached hydrogen (secondary N) is 1. The van der Waals surface area contributed by atoms with E-state index in [1.54, 1.807) is 24.3 Å². The summed E-state index contributed by atoms with van der Waals surface area (Å²) >= 11 is 0. The number of carbonyl (C=O) groups is 2. The van der Waals surface area contributed by atoms with Crippen molar-refractivity contribution in [3.05, 3.63) is 63.7 Å². The number of nitro groups is 1. The molecule has 7 heteroatoms. The molecule has 2 aromatic carbocycles. The maximum atomic E-state index is 12.3. The third-order valence-corrected chi connectivity index (χ3v) is 3.19. The van der Waals surface area contributed by atoms with Gasteiger partial charge in [0.15, 0.2) is 11.5 Å². The molecule has 0 radical (unpaired) electrons. The van der Waals surface area contributed by atoms with Crippen molar-refractivity contribution in [2.24, 2.45) is 0 Å². The van der Waals surface area contributed by atoms with Crippen LogP contribution in [0.1, 0.15) is 27.6 Å². The Morgan fingerprint density at radius 2 is 1.87 bits per heavy atom. The highest BCUT2D eigenvalue weighted by Gasteiger charge is 2.19. The Balaban J connectivity index is 2.34. The summed E-state index contributed by atoms with van der Waals surface area (Å²) in [6.07, 6.45) is 0. The molecule has 0 heterocycles. The van der Waals surface area contributed by atoms with Crippen LogP contribution in [0.3, 0.4) is 0 Å². The standard InChI is InChI=1S/C16H14N2O5/c1-10(19)12-5-3-4-6-13(12)17-16(20)11-7-8-15(23-2)14(9-11)18(21)22/h3-9H,1-2H3,(H,17,20). The van der Waals surface area contributed by atoms with Gasteiger partial charge in [-0.25, -0.2) is 0 Å². The lowest BCUT2D eigenvalue weighted by Crippen LogP contribution is -2.14. The van der Waals surface area contributed by atoms with Gasteiger partial charge >= 0.3 is 5.69 Å². The smallest absolute Gasteiger partial charge is 0.311 e. The second-order valence-corrected chi connectivity index (χ2v) is 4.70. The van der Waals surface area contributed by atoms with Crippen molar-refractivity contribution >= 4 is 23.1 Å². The molecule has 0 aliphatic rings. The number of Topliss-reactive ketones (excluding diaryl/α,β-unsaturated/α-hetero) is 1. The van der Waals surface area contributed by atoms with Crippen LogP contribution in [-0.2, 0) is 0 Å². The molecule has 0 bridgehead atoms. The molecular formula is C16H14N2O5. The first kappa shape index (κ1) is 16.2. The minimum absolute atomic E-state index is 0.0655. The molecule has 7 nitrogen and oxygen atoms in total. The molecule has 2 aromatic rings. The van der Waals surface area contributed by atoms with Crippen LogP contribution in [0.15, 0.2) is 42.5 Å². The van der Waals surface area contributed by atoms with Crippen LogP contribution in [0.5, 0.6) is 5.75 Å². The van der Waals surface area contributed by atoms with Crippen LogP contribution < -0.4 is 10.1 Å². The van der Waals surface area contributed by atoms with Gasteiger partial charge in [0, 0.05) is 17.2 Å². The van der Waals surface area contributed by atoms with E-state index in [-0.39, 0.29) is 22.8 Å². The van der Waals surface area contributed by atoms with Crippen molar-refractivity contribution < 1.29 is 19.2 Å². The highest BCUT2D eigenvalue weighted by atomic mass is 16.6. The largest absolute Gasteiger partial charge is 0.490 e. The van der Waals surface area contributed by atoms with Crippen molar-refractivity contribution in [2.75, 3.05) is 12.4 Å². The lowest BCUT2D eigenvalue weighted by atomic mass is 10.1. The monoisotopic (exact) mass is 314 g/mol. The molecule has 0 atom stereocenters. The van der Waals surface area contributed by atoms with E-state index in [1.165, 1.54) is 26.2 Å². The Hall–Kier alpha value is -3.22. The van der Waals surface area contributed by atoms with Crippen LogP contribution in [0, 0.1) is 10.1 Å². The lowest BCUT2D eigenvalue weighted by Gasteiger charge is -2.09. The van der Waals surface area contributed by atoms with Crippen LogP contribution >= 0.6 is 0 Å². The molecule has 1 N–H and O–H groups in total. The van der Waals surface area contributed by atoms with Gasteiger partial charge in [0.2, 0.25) is 0 Å². The summed E-state index contributed by atoms with van der Waals surface area (Å²) in [4.78, 5) is 34.2. The van der Waals surface area contributed by atoms with Crippen LogP contribution in [0.25, 0.3) is 0 Å². The number of hydrogen-bond acceptors (Lipinski definition) is 5. The average Bonchev–Trinajstić information content (AvgIpc) is 2.54. The zero-order valence-corrected chi connectivity index (χ0v) is 12.5. The molecule has 0 aliphatic heterocycles. The highest BCUT2D eigenvalue weighted by molar-refractivity contribution is 6.09. The van der Waals surface area contributed by atoms with Gasteiger partial charge in [-0.2, -0.15) is 0 Å². The molecule has 0 fully saturated rings. The number of nitro benzene ring substituents is 1. The Kier molecular flexibility index (Phi) is 4.70. The zero-order chi connectivity index (χ0) is 17.0. The number of para-hydroxylation sites is 1.